The van der Waals surface area contributed by atoms with Crippen molar-refractivity contribution in [2.24, 2.45) is 0 Å². The summed E-state index contributed by atoms with van der Waals surface area (Å²) in [6, 6.07) is 0. The Morgan fingerprint density at radius 3 is 1.71 bits per heavy atom. The minimum Gasteiger partial charge on any atom is -0.246 e. The first-order chi connectivity index (χ1) is 9.62. The fourth-order valence-corrected chi connectivity index (χ4v) is 2.45. The Labute approximate surface area is 146 Å². The standard InChI is InChI=1S/C14H30O5S.Mg.2H/c1-3-5-6-7-8-9-10-11-12-13-14-18-20(15,16)19-17-4-2;;;/h3-14H2,1-2H3;;;. The largest absolute Gasteiger partial charge is 0.426 e. The molecule has 0 aliphatic rings. The summed E-state index contributed by atoms with van der Waals surface area (Å²) in [5.74, 6) is 0. The van der Waals surface area contributed by atoms with Crippen molar-refractivity contribution >= 4 is 33.5 Å². The van der Waals surface area contributed by atoms with Crippen LogP contribution in [0.25, 0.3) is 0 Å². The van der Waals surface area contributed by atoms with Gasteiger partial charge in [0.1, 0.15) is 0 Å². The van der Waals surface area contributed by atoms with Gasteiger partial charge in [-0.2, -0.15) is 8.42 Å². The van der Waals surface area contributed by atoms with Crippen LogP contribution in [0.1, 0.15) is 78.1 Å². The highest BCUT2D eigenvalue weighted by Gasteiger charge is 2.12. The summed E-state index contributed by atoms with van der Waals surface area (Å²) >= 11 is 0. The molecule has 0 bridgehead atoms. The molecule has 0 atom stereocenters. The van der Waals surface area contributed by atoms with E-state index in [0.29, 0.717) is 0 Å². The van der Waals surface area contributed by atoms with Gasteiger partial charge in [0.2, 0.25) is 0 Å². The second-order valence-corrected chi connectivity index (χ2v) is 6.08. The molecule has 5 nitrogen and oxygen atoms in total. The Morgan fingerprint density at radius 1 is 0.762 bits per heavy atom. The third-order valence-corrected chi connectivity index (χ3v) is 3.69. The molecule has 0 radical (unpaired) electrons. The van der Waals surface area contributed by atoms with Gasteiger partial charge in [-0.15, -0.1) is 0 Å². The van der Waals surface area contributed by atoms with Crippen LogP contribution in [-0.2, 0) is 23.8 Å². The van der Waals surface area contributed by atoms with Crippen LogP contribution in [0.15, 0.2) is 0 Å². The Balaban J connectivity index is 0. The summed E-state index contributed by atoms with van der Waals surface area (Å²) in [7, 11) is -3.98. The van der Waals surface area contributed by atoms with E-state index in [1.807, 2.05) is 0 Å². The van der Waals surface area contributed by atoms with Crippen molar-refractivity contribution in [2.75, 3.05) is 13.2 Å². The molecule has 0 unspecified atom stereocenters. The van der Waals surface area contributed by atoms with Gasteiger partial charge in [-0.05, 0) is 13.3 Å². The lowest BCUT2D eigenvalue weighted by Gasteiger charge is -2.04. The zero-order valence-corrected chi connectivity index (χ0v) is 13.8. The van der Waals surface area contributed by atoms with E-state index in [9.17, 15) is 8.42 Å². The molecular formula is C14H32MgO5S. The average Bonchev–Trinajstić information content (AvgIpc) is 2.42. The number of hydrogen-bond donors (Lipinski definition) is 0. The van der Waals surface area contributed by atoms with Gasteiger partial charge in [-0.1, -0.05) is 69.0 Å². The van der Waals surface area contributed by atoms with Crippen molar-refractivity contribution in [3.63, 3.8) is 0 Å². The van der Waals surface area contributed by atoms with Crippen LogP contribution in [0.2, 0.25) is 0 Å². The maximum atomic E-state index is 11.1. The molecule has 0 aromatic carbocycles. The van der Waals surface area contributed by atoms with Gasteiger partial charge in [-0.25, -0.2) is 9.07 Å². The molecule has 0 N–H and O–H groups in total. The lowest BCUT2D eigenvalue weighted by atomic mass is 10.1. The predicted molar refractivity (Wildman–Crippen MR) is 88.0 cm³/mol. The number of unbranched alkanes of at least 4 members (excludes halogenated alkanes) is 9. The highest BCUT2D eigenvalue weighted by Crippen LogP contribution is 2.10. The van der Waals surface area contributed by atoms with Crippen molar-refractivity contribution in [3.05, 3.63) is 0 Å². The van der Waals surface area contributed by atoms with E-state index < -0.39 is 10.4 Å². The predicted octanol–water partition coefficient (Wildman–Crippen LogP) is 3.22. The van der Waals surface area contributed by atoms with E-state index >= 15 is 0 Å². The molecule has 0 aromatic rings. The van der Waals surface area contributed by atoms with Crippen LogP contribution in [-0.4, -0.2) is 44.7 Å². The van der Waals surface area contributed by atoms with Crippen LogP contribution < -0.4 is 0 Å². The summed E-state index contributed by atoms with van der Waals surface area (Å²) in [6.07, 6.45) is 12.0. The molecule has 7 heteroatoms. The van der Waals surface area contributed by atoms with Gasteiger partial charge in [0.15, 0.2) is 0 Å². The van der Waals surface area contributed by atoms with E-state index in [0.717, 1.165) is 19.3 Å². The topological polar surface area (TPSA) is 61.8 Å². The number of rotatable bonds is 15. The Morgan fingerprint density at radius 2 is 1.24 bits per heavy atom. The monoisotopic (exact) mass is 336 g/mol. The second kappa shape index (κ2) is 17.0. The Bertz CT molecular complexity index is 296. The van der Waals surface area contributed by atoms with E-state index in [4.69, 9.17) is 0 Å². The molecule has 0 aliphatic carbocycles. The summed E-state index contributed by atoms with van der Waals surface area (Å²) in [5, 5.41) is 0. The van der Waals surface area contributed by atoms with Crippen molar-refractivity contribution in [1.29, 1.82) is 0 Å². The first-order valence-corrected chi connectivity index (χ1v) is 9.16. The van der Waals surface area contributed by atoms with Crippen molar-refractivity contribution in [2.45, 2.75) is 78.1 Å². The number of hydrogen-bond acceptors (Lipinski definition) is 5. The SMILES string of the molecule is CCCCCCCCCCCCOS(=O)(=O)OOCC.[MgH2]. The first-order valence-electron chi connectivity index (χ1n) is 7.82. The maximum Gasteiger partial charge on any atom is 0.426 e. The van der Waals surface area contributed by atoms with Gasteiger partial charge in [-0.3, -0.25) is 0 Å². The van der Waals surface area contributed by atoms with Gasteiger partial charge >= 0.3 is 33.5 Å². The van der Waals surface area contributed by atoms with E-state index in [2.05, 4.69) is 20.3 Å². The minimum absolute atomic E-state index is 0. The molecule has 126 valence electrons. The molecule has 0 amide bonds. The third kappa shape index (κ3) is 18.5. The molecule has 0 aromatic heterocycles. The quantitative estimate of drug-likeness (QED) is 0.199. The zero-order chi connectivity index (χ0) is 15.1. The van der Waals surface area contributed by atoms with Gasteiger partial charge in [0.25, 0.3) is 0 Å². The Hall–Kier alpha value is 0.596. The van der Waals surface area contributed by atoms with Crippen LogP contribution in [0.3, 0.4) is 0 Å². The van der Waals surface area contributed by atoms with Crippen LogP contribution in [0, 0.1) is 0 Å². The molecule has 0 rings (SSSR count). The molecule has 0 saturated heterocycles. The summed E-state index contributed by atoms with van der Waals surface area (Å²) < 4.78 is 30.9. The average molecular weight is 337 g/mol. The van der Waals surface area contributed by atoms with Crippen LogP contribution >= 0.6 is 0 Å². The van der Waals surface area contributed by atoms with Crippen LogP contribution in [0.5, 0.6) is 0 Å². The summed E-state index contributed by atoms with van der Waals surface area (Å²) in [4.78, 5) is 4.34. The summed E-state index contributed by atoms with van der Waals surface area (Å²) in [5.41, 5.74) is 0. The molecule has 0 saturated carbocycles. The highest BCUT2D eigenvalue weighted by atomic mass is 32.3. The molecule has 0 fully saturated rings. The first kappa shape index (κ1) is 23.9. The van der Waals surface area contributed by atoms with Gasteiger partial charge in [0.05, 0.1) is 13.2 Å². The molecule has 0 spiro atoms. The van der Waals surface area contributed by atoms with Crippen molar-refractivity contribution < 1.29 is 21.8 Å². The van der Waals surface area contributed by atoms with E-state index in [1.54, 1.807) is 6.92 Å². The molecule has 0 heterocycles. The lowest BCUT2D eigenvalue weighted by molar-refractivity contribution is -0.205. The smallest absolute Gasteiger partial charge is 0.246 e. The summed E-state index contributed by atoms with van der Waals surface area (Å²) in [6.45, 7) is 4.19. The third-order valence-electron chi connectivity index (χ3n) is 2.97. The second-order valence-electron chi connectivity index (χ2n) is 4.89. The van der Waals surface area contributed by atoms with Crippen LogP contribution in [0.4, 0.5) is 0 Å². The fraction of sp³-hybridized carbons (Fsp3) is 1.00. The molecule has 0 aliphatic heterocycles. The van der Waals surface area contributed by atoms with Crippen molar-refractivity contribution in [3.8, 4) is 0 Å². The fourth-order valence-electron chi connectivity index (χ4n) is 1.88. The Kier molecular flexibility index (Phi) is 19.3. The molecular weight excluding hydrogens is 305 g/mol. The van der Waals surface area contributed by atoms with E-state index in [-0.39, 0.29) is 36.3 Å². The maximum absolute atomic E-state index is 11.1. The minimum atomic E-state index is -3.98. The highest BCUT2D eigenvalue weighted by molar-refractivity contribution is 7.81. The normalized spacial score (nSPS) is 11.3. The van der Waals surface area contributed by atoms with Crippen molar-refractivity contribution in [1.82, 2.24) is 0 Å². The van der Waals surface area contributed by atoms with Gasteiger partial charge < -0.3 is 0 Å². The van der Waals surface area contributed by atoms with Gasteiger partial charge in [0, 0.05) is 0 Å². The van der Waals surface area contributed by atoms with E-state index in [1.165, 1.54) is 44.9 Å². The zero-order valence-electron chi connectivity index (χ0n) is 12.9. The lowest BCUT2D eigenvalue weighted by Crippen LogP contribution is -2.11. The molecule has 21 heavy (non-hydrogen) atoms.